The summed E-state index contributed by atoms with van der Waals surface area (Å²) in [5, 5.41) is 0. The normalized spacial score (nSPS) is 11.8. The molecular formula is C25H48N2O5. The van der Waals surface area contributed by atoms with Crippen molar-refractivity contribution in [2.24, 2.45) is 11.5 Å². The standard InChI is InChI=1S/C25H48N2O5/c1-2-3-4-5-6-7-8-9-10-11-12-13-14-15-16-17-24(29)32-25(30)22(27)18-19-23(28)31-21-20-26/h22H,2-21,26-27H2,1H3/t22-/m0/s1. The highest BCUT2D eigenvalue weighted by Crippen LogP contribution is 2.14. The van der Waals surface area contributed by atoms with Gasteiger partial charge in [-0.15, -0.1) is 0 Å². The van der Waals surface area contributed by atoms with Crippen molar-refractivity contribution in [2.75, 3.05) is 13.2 Å². The number of carbonyl (C=O) groups excluding carboxylic acids is 3. The Morgan fingerprint density at radius 3 is 1.62 bits per heavy atom. The lowest BCUT2D eigenvalue weighted by molar-refractivity contribution is -0.160. The number of esters is 3. The molecule has 1 atom stereocenters. The van der Waals surface area contributed by atoms with Gasteiger partial charge in [0.1, 0.15) is 12.6 Å². The summed E-state index contributed by atoms with van der Waals surface area (Å²) in [6.45, 7) is 2.63. The third kappa shape index (κ3) is 20.4. The van der Waals surface area contributed by atoms with Gasteiger partial charge in [0, 0.05) is 19.4 Å². The molecule has 0 amide bonds. The Morgan fingerprint density at radius 1 is 0.688 bits per heavy atom. The highest BCUT2D eigenvalue weighted by molar-refractivity contribution is 5.88. The third-order valence-corrected chi connectivity index (χ3v) is 5.54. The van der Waals surface area contributed by atoms with E-state index in [0.717, 1.165) is 12.8 Å². The van der Waals surface area contributed by atoms with Gasteiger partial charge in [-0.05, 0) is 12.8 Å². The van der Waals surface area contributed by atoms with E-state index in [1.807, 2.05) is 0 Å². The van der Waals surface area contributed by atoms with Crippen LogP contribution in [-0.2, 0) is 23.9 Å². The van der Waals surface area contributed by atoms with E-state index in [9.17, 15) is 14.4 Å². The van der Waals surface area contributed by atoms with Crippen molar-refractivity contribution in [3.05, 3.63) is 0 Å². The summed E-state index contributed by atoms with van der Waals surface area (Å²) < 4.78 is 9.57. The van der Waals surface area contributed by atoms with Crippen LogP contribution in [0.1, 0.15) is 122 Å². The van der Waals surface area contributed by atoms with Crippen LogP contribution >= 0.6 is 0 Å². The van der Waals surface area contributed by atoms with E-state index < -0.39 is 23.9 Å². The van der Waals surface area contributed by atoms with Crippen LogP contribution in [0, 0.1) is 0 Å². The lowest BCUT2D eigenvalue weighted by Crippen LogP contribution is -2.34. The van der Waals surface area contributed by atoms with Crippen LogP contribution in [0.4, 0.5) is 0 Å². The average Bonchev–Trinajstić information content (AvgIpc) is 2.78. The van der Waals surface area contributed by atoms with Crippen molar-refractivity contribution >= 4 is 17.9 Å². The SMILES string of the molecule is CCCCCCCCCCCCCCCCCC(=O)OC(=O)[C@@H](N)CCC(=O)OCCN. The number of hydrogen-bond donors (Lipinski definition) is 2. The maximum Gasteiger partial charge on any atom is 0.330 e. The van der Waals surface area contributed by atoms with Crippen molar-refractivity contribution < 1.29 is 23.9 Å². The molecule has 0 heterocycles. The minimum absolute atomic E-state index is 0.0104. The molecule has 0 aliphatic carbocycles. The quantitative estimate of drug-likeness (QED) is 0.135. The van der Waals surface area contributed by atoms with Crippen LogP contribution in [0.25, 0.3) is 0 Å². The molecule has 0 bridgehead atoms. The summed E-state index contributed by atoms with van der Waals surface area (Å²) in [6.07, 6.45) is 19.1. The summed E-state index contributed by atoms with van der Waals surface area (Å²) in [5.41, 5.74) is 10.9. The van der Waals surface area contributed by atoms with E-state index in [-0.39, 0.29) is 32.4 Å². The fourth-order valence-corrected chi connectivity index (χ4v) is 3.52. The Labute approximate surface area is 195 Å². The molecule has 0 fully saturated rings. The highest BCUT2D eigenvalue weighted by atomic mass is 16.6. The molecule has 0 saturated heterocycles. The molecule has 0 aromatic heterocycles. The fourth-order valence-electron chi connectivity index (χ4n) is 3.52. The van der Waals surface area contributed by atoms with Gasteiger partial charge in [0.05, 0.1) is 0 Å². The van der Waals surface area contributed by atoms with Crippen LogP contribution < -0.4 is 11.5 Å². The molecular weight excluding hydrogens is 408 g/mol. The first-order valence-electron chi connectivity index (χ1n) is 12.9. The molecule has 0 aromatic carbocycles. The topological polar surface area (TPSA) is 122 Å². The van der Waals surface area contributed by atoms with E-state index in [1.54, 1.807) is 0 Å². The second-order valence-electron chi connectivity index (χ2n) is 8.65. The zero-order chi connectivity index (χ0) is 23.9. The molecule has 0 radical (unpaired) electrons. The maximum atomic E-state index is 11.8. The number of rotatable bonds is 22. The van der Waals surface area contributed by atoms with Crippen LogP contribution in [0.15, 0.2) is 0 Å². The van der Waals surface area contributed by atoms with Gasteiger partial charge in [-0.1, -0.05) is 96.8 Å². The average molecular weight is 457 g/mol. The Kier molecular flexibility index (Phi) is 21.7. The molecule has 0 aromatic rings. The van der Waals surface area contributed by atoms with Gasteiger partial charge in [0.15, 0.2) is 0 Å². The molecule has 7 heteroatoms. The molecule has 0 unspecified atom stereocenters. The Hall–Kier alpha value is -1.47. The van der Waals surface area contributed by atoms with Gasteiger partial charge < -0.3 is 20.9 Å². The molecule has 0 saturated carbocycles. The van der Waals surface area contributed by atoms with E-state index in [1.165, 1.54) is 77.0 Å². The lowest BCUT2D eigenvalue weighted by atomic mass is 10.0. The maximum absolute atomic E-state index is 11.8. The number of unbranched alkanes of at least 4 members (excludes halogenated alkanes) is 14. The first-order chi connectivity index (χ1) is 15.5. The first kappa shape index (κ1) is 30.5. The highest BCUT2D eigenvalue weighted by Gasteiger charge is 2.20. The number of hydrogen-bond acceptors (Lipinski definition) is 7. The summed E-state index contributed by atoms with van der Waals surface area (Å²) >= 11 is 0. The second-order valence-corrected chi connectivity index (χ2v) is 8.65. The van der Waals surface area contributed by atoms with Crippen LogP contribution in [0.2, 0.25) is 0 Å². The molecule has 0 aliphatic rings. The van der Waals surface area contributed by atoms with Gasteiger partial charge in [-0.2, -0.15) is 0 Å². The smallest absolute Gasteiger partial charge is 0.330 e. The van der Waals surface area contributed by atoms with Crippen molar-refractivity contribution in [1.82, 2.24) is 0 Å². The third-order valence-electron chi connectivity index (χ3n) is 5.54. The summed E-state index contributed by atoms with van der Waals surface area (Å²) in [5.74, 6) is -1.81. The molecule has 32 heavy (non-hydrogen) atoms. The Balaban J connectivity index is 3.48. The molecule has 4 N–H and O–H groups in total. The lowest BCUT2D eigenvalue weighted by Gasteiger charge is -2.10. The largest absolute Gasteiger partial charge is 0.464 e. The zero-order valence-corrected chi connectivity index (χ0v) is 20.4. The van der Waals surface area contributed by atoms with Gasteiger partial charge >= 0.3 is 17.9 Å². The minimum Gasteiger partial charge on any atom is -0.464 e. The first-order valence-corrected chi connectivity index (χ1v) is 12.9. The monoisotopic (exact) mass is 456 g/mol. The van der Waals surface area contributed by atoms with Gasteiger partial charge in [-0.25, -0.2) is 4.79 Å². The van der Waals surface area contributed by atoms with E-state index >= 15 is 0 Å². The number of carbonyl (C=O) groups is 3. The fraction of sp³-hybridized carbons (Fsp3) is 0.880. The summed E-state index contributed by atoms with van der Waals surface area (Å²) in [7, 11) is 0. The summed E-state index contributed by atoms with van der Waals surface area (Å²) in [4.78, 5) is 34.9. The van der Waals surface area contributed by atoms with E-state index in [2.05, 4.69) is 6.92 Å². The molecule has 188 valence electrons. The number of ether oxygens (including phenoxy) is 2. The van der Waals surface area contributed by atoms with Crippen molar-refractivity contribution in [3.8, 4) is 0 Å². The second kappa shape index (κ2) is 22.7. The van der Waals surface area contributed by atoms with Gasteiger partial charge in [-0.3, -0.25) is 9.59 Å². The van der Waals surface area contributed by atoms with Crippen LogP contribution in [0.5, 0.6) is 0 Å². The van der Waals surface area contributed by atoms with Crippen molar-refractivity contribution in [1.29, 1.82) is 0 Å². The number of nitrogens with two attached hydrogens (primary N) is 2. The zero-order valence-electron chi connectivity index (χ0n) is 20.4. The van der Waals surface area contributed by atoms with Crippen molar-refractivity contribution in [3.63, 3.8) is 0 Å². The Bertz CT molecular complexity index is 485. The Morgan fingerprint density at radius 2 is 1.16 bits per heavy atom. The predicted molar refractivity (Wildman–Crippen MR) is 128 cm³/mol. The van der Waals surface area contributed by atoms with Crippen LogP contribution in [-0.4, -0.2) is 37.1 Å². The molecule has 7 nitrogen and oxygen atoms in total. The minimum atomic E-state index is -1.01. The predicted octanol–water partition coefficient (Wildman–Crippen LogP) is 4.93. The van der Waals surface area contributed by atoms with E-state index in [0.29, 0.717) is 6.42 Å². The molecule has 0 rings (SSSR count). The summed E-state index contributed by atoms with van der Waals surface area (Å²) in [6, 6.07) is -1.01. The van der Waals surface area contributed by atoms with E-state index in [4.69, 9.17) is 20.9 Å². The van der Waals surface area contributed by atoms with Crippen molar-refractivity contribution in [2.45, 2.75) is 129 Å². The molecule has 0 aliphatic heterocycles. The molecule has 0 spiro atoms. The van der Waals surface area contributed by atoms with Gasteiger partial charge in [0.25, 0.3) is 0 Å². The van der Waals surface area contributed by atoms with Crippen LogP contribution in [0.3, 0.4) is 0 Å². The van der Waals surface area contributed by atoms with Gasteiger partial charge in [0.2, 0.25) is 0 Å².